The van der Waals surface area contributed by atoms with Gasteiger partial charge in [-0.1, -0.05) is 12.1 Å². The molecule has 2 bridgehead atoms. The Balaban J connectivity index is 1.47. The molecule has 2 saturated heterocycles. The largest absolute Gasteiger partial charge is 0.391 e. The van der Waals surface area contributed by atoms with Crippen molar-refractivity contribution in [1.29, 1.82) is 0 Å². The van der Waals surface area contributed by atoms with E-state index in [0.29, 0.717) is 12.1 Å². The summed E-state index contributed by atoms with van der Waals surface area (Å²) in [7, 11) is 0. The molecule has 2 aromatic rings. The number of nitrogens with one attached hydrogen (secondary N) is 1. The van der Waals surface area contributed by atoms with Crippen molar-refractivity contribution in [3.8, 4) is 11.3 Å². The van der Waals surface area contributed by atoms with Gasteiger partial charge in [-0.05, 0) is 56.0 Å². The third-order valence-corrected chi connectivity index (χ3v) is 5.57. The van der Waals surface area contributed by atoms with Crippen LogP contribution in [0.4, 0.5) is 23.7 Å². The molecule has 2 amide bonds. The molecule has 2 aliphatic heterocycles. The number of aryl methyl sites for hydroxylation is 1. The summed E-state index contributed by atoms with van der Waals surface area (Å²) in [5.74, 6) is -1.29. The van der Waals surface area contributed by atoms with Crippen molar-refractivity contribution in [2.75, 3.05) is 5.32 Å². The molecule has 0 saturated carbocycles. The van der Waals surface area contributed by atoms with E-state index in [-0.39, 0.29) is 31.0 Å². The average molecular weight is 375 g/mol. The lowest BCUT2D eigenvalue weighted by Crippen LogP contribution is -2.65. The Kier molecular flexibility index (Phi) is 4.32. The zero-order valence-corrected chi connectivity index (χ0v) is 14.8. The fraction of sp³-hybridized carbons (Fsp3) is 0.400. The van der Waals surface area contributed by atoms with E-state index in [1.54, 1.807) is 17.2 Å². The first-order chi connectivity index (χ1) is 12.8. The predicted octanol–water partition coefficient (Wildman–Crippen LogP) is 5.00. The summed E-state index contributed by atoms with van der Waals surface area (Å²) in [5.41, 5.74) is 3.36. The van der Waals surface area contributed by atoms with Crippen molar-refractivity contribution < 1.29 is 18.0 Å². The Morgan fingerprint density at radius 1 is 1.15 bits per heavy atom. The molecule has 7 heteroatoms. The molecule has 1 N–H and O–H groups in total. The second kappa shape index (κ2) is 6.55. The molecular weight excluding hydrogens is 355 g/mol. The second-order valence-corrected chi connectivity index (χ2v) is 7.34. The SMILES string of the molecule is Cc1ccc(NC(=O)N2C3CC(C(F)(F)F)C[C@@H]2C3)cc1-c1ccccn1. The Morgan fingerprint density at radius 3 is 2.52 bits per heavy atom. The topological polar surface area (TPSA) is 45.2 Å². The zero-order valence-electron chi connectivity index (χ0n) is 14.8. The molecule has 2 fully saturated rings. The highest BCUT2D eigenvalue weighted by molar-refractivity contribution is 5.91. The summed E-state index contributed by atoms with van der Waals surface area (Å²) in [6.07, 6.45) is -1.81. The van der Waals surface area contributed by atoms with Gasteiger partial charge < -0.3 is 10.2 Å². The first-order valence-electron chi connectivity index (χ1n) is 9.01. The number of halogens is 3. The molecule has 0 radical (unpaired) electrons. The molecule has 27 heavy (non-hydrogen) atoms. The highest BCUT2D eigenvalue weighted by atomic mass is 19.4. The first-order valence-corrected chi connectivity index (χ1v) is 9.01. The van der Waals surface area contributed by atoms with E-state index in [9.17, 15) is 18.0 Å². The van der Waals surface area contributed by atoms with Gasteiger partial charge in [-0.3, -0.25) is 4.98 Å². The van der Waals surface area contributed by atoms with Crippen molar-refractivity contribution in [3.63, 3.8) is 0 Å². The number of amides is 2. The maximum atomic E-state index is 12.9. The van der Waals surface area contributed by atoms with Gasteiger partial charge in [-0.2, -0.15) is 13.2 Å². The molecule has 1 aromatic carbocycles. The summed E-state index contributed by atoms with van der Waals surface area (Å²) >= 11 is 0. The van der Waals surface area contributed by atoms with Crippen molar-refractivity contribution in [3.05, 3.63) is 48.2 Å². The van der Waals surface area contributed by atoms with Crippen LogP contribution in [-0.4, -0.2) is 34.2 Å². The molecule has 0 spiro atoms. The monoisotopic (exact) mass is 375 g/mol. The lowest BCUT2D eigenvalue weighted by atomic mass is 9.73. The number of urea groups is 1. The summed E-state index contributed by atoms with van der Waals surface area (Å²) in [6.45, 7) is 1.96. The summed E-state index contributed by atoms with van der Waals surface area (Å²) in [6, 6.07) is 10.2. The molecular formula is C20H20F3N3O. The van der Waals surface area contributed by atoms with Gasteiger partial charge in [0.15, 0.2) is 0 Å². The van der Waals surface area contributed by atoms with E-state index in [4.69, 9.17) is 0 Å². The van der Waals surface area contributed by atoms with Gasteiger partial charge in [0, 0.05) is 29.5 Å². The maximum absolute atomic E-state index is 12.9. The van der Waals surface area contributed by atoms with Crippen LogP contribution in [0, 0.1) is 12.8 Å². The number of benzene rings is 1. The lowest BCUT2D eigenvalue weighted by Gasteiger charge is -2.55. The van der Waals surface area contributed by atoms with Crippen LogP contribution < -0.4 is 5.32 Å². The molecule has 142 valence electrons. The van der Waals surface area contributed by atoms with E-state index in [0.717, 1.165) is 16.8 Å². The van der Waals surface area contributed by atoms with Crippen LogP contribution >= 0.6 is 0 Å². The number of piperidine rings is 1. The lowest BCUT2D eigenvalue weighted by molar-refractivity contribution is -0.205. The van der Waals surface area contributed by atoms with Gasteiger partial charge >= 0.3 is 12.2 Å². The van der Waals surface area contributed by atoms with Crippen molar-refractivity contribution in [2.45, 2.75) is 44.4 Å². The fourth-order valence-corrected chi connectivity index (χ4v) is 4.16. The Bertz CT molecular complexity index is 841. The van der Waals surface area contributed by atoms with Gasteiger partial charge in [-0.25, -0.2) is 4.79 Å². The number of nitrogens with zero attached hydrogens (tertiary/aromatic N) is 2. The van der Waals surface area contributed by atoms with E-state index in [1.807, 2.05) is 37.3 Å². The molecule has 3 atom stereocenters. The van der Waals surface area contributed by atoms with E-state index >= 15 is 0 Å². The van der Waals surface area contributed by atoms with Crippen LogP contribution in [0.1, 0.15) is 24.8 Å². The van der Waals surface area contributed by atoms with Gasteiger partial charge in [0.05, 0.1) is 11.6 Å². The third kappa shape index (κ3) is 3.38. The van der Waals surface area contributed by atoms with E-state index in [2.05, 4.69) is 10.3 Å². The highest BCUT2D eigenvalue weighted by Crippen LogP contribution is 2.47. The van der Waals surface area contributed by atoms with Crippen LogP contribution in [0.2, 0.25) is 0 Å². The smallest absolute Gasteiger partial charge is 0.318 e. The number of rotatable bonds is 2. The Labute approximate surface area is 155 Å². The van der Waals surface area contributed by atoms with Crippen LogP contribution in [0.25, 0.3) is 11.3 Å². The summed E-state index contributed by atoms with van der Waals surface area (Å²) < 4.78 is 38.8. The molecule has 4 rings (SSSR count). The molecule has 0 aliphatic carbocycles. The van der Waals surface area contributed by atoms with Crippen molar-refractivity contribution in [1.82, 2.24) is 9.88 Å². The third-order valence-electron chi connectivity index (χ3n) is 5.57. The van der Waals surface area contributed by atoms with Crippen molar-refractivity contribution in [2.24, 2.45) is 5.92 Å². The standard InChI is InChI=1S/C20H20F3N3O/c1-12-5-6-14(10-17(12)18-4-2-3-7-24-18)25-19(27)26-15-8-13(20(21,22)23)9-16(26)11-15/h2-7,10,13,15-16H,8-9,11H2,1H3,(H,25,27)/t13?,15-,16?/m1/s1. The maximum Gasteiger partial charge on any atom is 0.391 e. The molecule has 2 unspecified atom stereocenters. The number of carbonyl (C=O) groups is 1. The normalized spacial score (nSPS) is 24.3. The Morgan fingerprint density at radius 2 is 1.89 bits per heavy atom. The van der Waals surface area contributed by atoms with E-state index < -0.39 is 12.1 Å². The van der Waals surface area contributed by atoms with E-state index in [1.165, 1.54) is 0 Å². The number of fused-ring (bicyclic) bond motifs is 2. The molecule has 3 heterocycles. The summed E-state index contributed by atoms with van der Waals surface area (Å²) in [5, 5.41) is 2.84. The number of anilines is 1. The molecule has 4 nitrogen and oxygen atoms in total. The number of hydrogen-bond acceptors (Lipinski definition) is 2. The average Bonchev–Trinajstić information content (AvgIpc) is 2.63. The van der Waals surface area contributed by atoms with Gasteiger partial charge in [0.1, 0.15) is 0 Å². The van der Waals surface area contributed by atoms with Gasteiger partial charge in [0.2, 0.25) is 0 Å². The highest BCUT2D eigenvalue weighted by Gasteiger charge is 2.54. The first kappa shape index (κ1) is 17.8. The number of alkyl halides is 3. The fourth-order valence-electron chi connectivity index (χ4n) is 4.16. The molecule has 1 aromatic heterocycles. The molecule has 2 aliphatic rings. The quantitative estimate of drug-likeness (QED) is 0.802. The number of carbonyl (C=O) groups excluding carboxylic acids is 1. The van der Waals surface area contributed by atoms with Gasteiger partial charge in [-0.15, -0.1) is 0 Å². The van der Waals surface area contributed by atoms with Gasteiger partial charge in [0.25, 0.3) is 0 Å². The second-order valence-electron chi connectivity index (χ2n) is 7.34. The minimum absolute atomic E-state index is 0.000499. The number of pyridine rings is 1. The summed E-state index contributed by atoms with van der Waals surface area (Å²) in [4.78, 5) is 18.5. The predicted molar refractivity (Wildman–Crippen MR) is 96.2 cm³/mol. The van der Waals surface area contributed by atoms with Crippen molar-refractivity contribution >= 4 is 11.7 Å². The van der Waals surface area contributed by atoms with Crippen LogP contribution in [0.15, 0.2) is 42.6 Å². The van der Waals surface area contributed by atoms with Crippen LogP contribution in [0.5, 0.6) is 0 Å². The Hall–Kier alpha value is -2.57. The minimum atomic E-state index is -4.17. The van der Waals surface area contributed by atoms with Crippen LogP contribution in [-0.2, 0) is 0 Å². The minimum Gasteiger partial charge on any atom is -0.318 e. The zero-order chi connectivity index (χ0) is 19.2. The number of hydrogen-bond donors (Lipinski definition) is 1. The van der Waals surface area contributed by atoms with Crippen LogP contribution in [0.3, 0.4) is 0 Å². The number of aromatic nitrogens is 1.